The van der Waals surface area contributed by atoms with E-state index in [9.17, 15) is 34.1 Å². The van der Waals surface area contributed by atoms with E-state index >= 15 is 0 Å². The largest absolute Gasteiger partial charge is 0.480 e. The van der Waals surface area contributed by atoms with E-state index in [2.05, 4.69) is 67.8 Å². The van der Waals surface area contributed by atoms with Crippen LogP contribution < -0.4 is 5.32 Å². The molecule has 0 aliphatic heterocycles. The molecule has 360 valence electrons. The topological polar surface area (TPSA) is 169 Å². The van der Waals surface area contributed by atoms with Crippen LogP contribution in [0.4, 0.5) is 0 Å². The highest BCUT2D eigenvalue weighted by Crippen LogP contribution is 2.43. The summed E-state index contributed by atoms with van der Waals surface area (Å²) in [5.41, 5.74) is 0. The molecular weight excluding hydrogens is 806 g/mol. The number of phosphoric acid groups is 1. The normalized spacial score (nSPS) is 14.0. The number of amides is 1. The van der Waals surface area contributed by atoms with Crippen LogP contribution in [0.15, 0.2) is 48.6 Å². The van der Waals surface area contributed by atoms with Gasteiger partial charge in [-0.1, -0.05) is 178 Å². The SMILES string of the molecule is CCCCC/C=C\C/C=C\C/C=C\CCCCCCCCCCCCC(=O)NC(COP(=O)(O)OCC(O)COC(=O)CCCCCCC/C=C\CCCCCCCC)C(=O)O. The van der Waals surface area contributed by atoms with Crippen molar-refractivity contribution in [1.82, 2.24) is 5.32 Å². The molecule has 4 N–H and O–H groups in total. The molecule has 0 aliphatic carbocycles. The molecule has 0 aromatic rings. The third kappa shape index (κ3) is 44.1. The molecule has 1 amide bonds. The van der Waals surface area contributed by atoms with E-state index in [1.54, 1.807) is 0 Å². The molecular formula is C50H90NO10P. The summed E-state index contributed by atoms with van der Waals surface area (Å²) in [5.74, 6) is -2.38. The molecule has 0 saturated heterocycles. The Hall–Kier alpha value is -2.56. The van der Waals surface area contributed by atoms with Crippen LogP contribution in [-0.4, -0.2) is 64.9 Å². The number of allylic oxidation sites excluding steroid dienone is 8. The number of rotatable bonds is 46. The van der Waals surface area contributed by atoms with Crippen LogP contribution in [0.3, 0.4) is 0 Å². The van der Waals surface area contributed by atoms with Gasteiger partial charge in [-0.15, -0.1) is 0 Å². The number of nitrogens with one attached hydrogen (secondary N) is 1. The minimum atomic E-state index is -4.76. The van der Waals surface area contributed by atoms with Crippen LogP contribution in [0.2, 0.25) is 0 Å². The van der Waals surface area contributed by atoms with Crippen molar-refractivity contribution in [2.45, 2.75) is 231 Å². The standard InChI is InChI=1S/C50H90NO10P/c1-3-5-7-9-11-13-15-17-19-20-21-22-23-24-25-26-28-29-31-33-35-37-39-41-48(53)51-47(50(55)56)45-61-62(57,58)60-44-46(52)43-59-49(54)42-40-38-36-34-32-30-27-18-16-14-12-10-8-6-4-2/h11,13,17-19,21-22,27,46-47,52H,3-10,12,14-16,20,23-26,28-45H2,1-2H3,(H,51,53)(H,55,56)(H,57,58)/b13-11-,19-17-,22-21-,27-18-. The van der Waals surface area contributed by atoms with Gasteiger partial charge < -0.3 is 25.2 Å². The van der Waals surface area contributed by atoms with E-state index in [4.69, 9.17) is 13.8 Å². The second kappa shape index (κ2) is 45.0. The van der Waals surface area contributed by atoms with Crippen LogP contribution in [-0.2, 0) is 32.7 Å². The van der Waals surface area contributed by atoms with Crippen molar-refractivity contribution in [2.24, 2.45) is 0 Å². The molecule has 0 bridgehead atoms. The number of carboxylic acids is 1. The van der Waals surface area contributed by atoms with Crippen molar-refractivity contribution in [1.29, 1.82) is 0 Å². The minimum Gasteiger partial charge on any atom is -0.480 e. The summed E-state index contributed by atoms with van der Waals surface area (Å²) in [4.78, 5) is 46.1. The summed E-state index contributed by atoms with van der Waals surface area (Å²) in [5, 5.41) is 21.9. The fraction of sp³-hybridized carbons (Fsp3) is 0.780. The Morgan fingerprint density at radius 1 is 0.516 bits per heavy atom. The number of hydrogen-bond acceptors (Lipinski definition) is 8. The van der Waals surface area contributed by atoms with Gasteiger partial charge >= 0.3 is 19.8 Å². The highest BCUT2D eigenvalue weighted by atomic mass is 31.2. The first-order chi connectivity index (χ1) is 30.1. The Bertz CT molecular complexity index is 1240. The van der Waals surface area contributed by atoms with Gasteiger partial charge in [0.2, 0.25) is 5.91 Å². The van der Waals surface area contributed by atoms with Crippen LogP contribution in [0.25, 0.3) is 0 Å². The number of ether oxygens (including phenoxy) is 1. The summed E-state index contributed by atoms with van der Waals surface area (Å²) in [6, 6.07) is -1.55. The van der Waals surface area contributed by atoms with E-state index in [1.807, 2.05) is 0 Å². The zero-order valence-corrected chi connectivity index (χ0v) is 40.1. The lowest BCUT2D eigenvalue weighted by Gasteiger charge is -2.18. The van der Waals surface area contributed by atoms with Crippen molar-refractivity contribution in [3.05, 3.63) is 48.6 Å². The molecule has 0 aromatic carbocycles. The Labute approximate surface area is 377 Å². The first-order valence-corrected chi connectivity index (χ1v) is 26.2. The smallest absolute Gasteiger partial charge is 0.472 e. The van der Waals surface area contributed by atoms with Gasteiger partial charge in [-0.25, -0.2) is 9.36 Å². The lowest BCUT2D eigenvalue weighted by atomic mass is 10.0. The van der Waals surface area contributed by atoms with Crippen molar-refractivity contribution < 1.29 is 47.8 Å². The number of carbonyl (C=O) groups excluding carboxylic acids is 2. The summed E-state index contributed by atoms with van der Waals surface area (Å²) in [6.07, 6.45) is 51.3. The van der Waals surface area contributed by atoms with Gasteiger partial charge in [-0.05, 0) is 77.0 Å². The van der Waals surface area contributed by atoms with Crippen LogP contribution in [0.5, 0.6) is 0 Å². The maximum absolute atomic E-state index is 12.4. The number of aliphatic hydroxyl groups is 1. The second-order valence-electron chi connectivity index (χ2n) is 16.6. The van der Waals surface area contributed by atoms with Gasteiger partial charge in [-0.2, -0.15) is 0 Å². The van der Waals surface area contributed by atoms with E-state index in [-0.39, 0.29) is 12.8 Å². The summed E-state index contributed by atoms with van der Waals surface area (Å²) < 4.78 is 26.9. The van der Waals surface area contributed by atoms with Gasteiger partial charge in [0.15, 0.2) is 6.04 Å². The molecule has 11 nitrogen and oxygen atoms in total. The third-order valence-electron chi connectivity index (χ3n) is 10.6. The summed E-state index contributed by atoms with van der Waals surface area (Å²) in [7, 11) is -4.76. The number of aliphatic carboxylic acids is 1. The summed E-state index contributed by atoms with van der Waals surface area (Å²) >= 11 is 0. The Morgan fingerprint density at radius 2 is 0.887 bits per heavy atom. The van der Waals surface area contributed by atoms with Crippen molar-refractivity contribution in [3.63, 3.8) is 0 Å². The van der Waals surface area contributed by atoms with Gasteiger partial charge in [0.25, 0.3) is 0 Å². The lowest BCUT2D eigenvalue weighted by Crippen LogP contribution is -2.43. The molecule has 0 fully saturated rings. The third-order valence-corrected chi connectivity index (χ3v) is 11.5. The number of carboxylic acid groups (broad SMARTS) is 1. The molecule has 0 spiro atoms. The molecule has 12 heteroatoms. The number of esters is 1. The van der Waals surface area contributed by atoms with Gasteiger partial charge in [0.1, 0.15) is 12.7 Å². The average molecular weight is 896 g/mol. The highest BCUT2D eigenvalue weighted by Gasteiger charge is 2.28. The Kier molecular flexibility index (Phi) is 43.2. The number of unbranched alkanes of at least 4 members (excludes halogenated alkanes) is 24. The maximum Gasteiger partial charge on any atom is 0.472 e. The first kappa shape index (κ1) is 59.4. The molecule has 3 unspecified atom stereocenters. The van der Waals surface area contributed by atoms with E-state index in [1.165, 1.54) is 96.3 Å². The van der Waals surface area contributed by atoms with Gasteiger partial charge in [0, 0.05) is 12.8 Å². The minimum absolute atomic E-state index is 0.139. The average Bonchev–Trinajstić information content (AvgIpc) is 3.25. The number of hydrogen-bond donors (Lipinski definition) is 4. The monoisotopic (exact) mass is 896 g/mol. The first-order valence-electron chi connectivity index (χ1n) is 24.7. The van der Waals surface area contributed by atoms with Gasteiger partial charge in [0.05, 0.1) is 13.2 Å². The maximum atomic E-state index is 12.4. The zero-order chi connectivity index (χ0) is 45.6. The predicted molar refractivity (Wildman–Crippen MR) is 254 cm³/mol. The molecule has 3 atom stereocenters. The van der Waals surface area contributed by atoms with Gasteiger partial charge in [-0.3, -0.25) is 18.6 Å². The van der Waals surface area contributed by atoms with Crippen LogP contribution in [0, 0.1) is 0 Å². The molecule has 0 aliphatic rings. The molecule has 62 heavy (non-hydrogen) atoms. The van der Waals surface area contributed by atoms with E-state index in [0.29, 0.717) is 12.8 Å². The van der Waals surface area contributed by atoms with Crippen molar-refractivity contribution in [2.75, 3.05) is 19.8 Å². The summed E-state index contributed by atoms with van der Waals surface area (Å²) in [6.45, 7) is 2.57. The van der Waals surface area contributed by atoms with Crippen LogP contribution >= 0.6 is 7.82 Å². The Balaban J connectivity index is 3.86. The molecule has 0 rings (SSSR count). The second-order valence-corrected chi connectivity index (χ2v) is 18.1. The van der Waals surface area contributed by atoms with Crippen molar-refractivity contribution >= 4 is 25.7 Å². The number of phosphoric ester groups is 1. The molecule has 0 heterocycles. The fourth-order valence-electron chi connectivity index (χ4n) is 6.73. The van der Waals surface area contributed by atoms with E-state index < -0.39 is 57.6 Å². The van der Waals surface area contributed by atoms with Crippen LogP contribution in [0.1, 0.15) is 219 Å². The fourth-order valence-corrected chi connectivity index (χ4v) is 7.50. The predicted octanol–water partition coefficient (Wildman–Crippen LogP) is 13.3. The molecule has 0 radical (unpaired) electrons. The Morgan fingerprint density at radius 3 is 1.37 bits per heavy atom. The quantitative estimate of drug-likeness (QED) is 0.0200. The zero-order valence-electron chi connectivity index (χ0n) is 39.2. The number of aliphatic hydroxyl groups excluding tert-OH is 1. The van der Waals surface area contributed by atoms with Crippen molar-refractivity contribution in [3.8, 4) is 0 Å². The number of carbonyl (C=O) groups is 3. The highest BCUT2D eigenvalue weighted by molar-refractivity contribution is 7.47. The van der Waals surface area contributed by atoms with E-state index in [0.717, 1.165) is 83.5 Å². The molecule has 0 saturated carbocycles. The molecule has 0 aromatic heterocycles. The lowest BCUT2D eigenvalue weighted by molar-refractivity contribution is -0.147.